The molecule has 1 atom stereocenters. The fourth-order valence-electron chi connectivity index (χ4n) is 4.02. The molecule has 2 rings (SSSR count). The van der Waals surface area contributed by atoms with Gasteiger partial charge in [-0.25, -0.2) is 4.79 Å². The minimum Gasteiger partial charge on any atom is -0.508 e. The predicted molar refractivity (Wildman–Crippen MR) is 143 cm³/mol. The van der Waals surface area contributed by atoms with Crippen molar-refractivity contribution in [2.75, 3.05) is 26.3 Å². The van der Waals surface area contributed by atoms with Crippen LogP contribution in [0.4, 0.5) is 0 Å². The van der Waals surface area contributed by atoms with Gasteiger partial charge in [0.15, 0.2) is 6.61 Å². The molecule has 0 aliphatic carbocycles. The number of aryl methyl sites for hydroxylation is 2. The van der Waals surface area contributed by atoms with E-state index in [0.717, 1.165) is 28.7 Å². The lowest BCUT2D eigenvalue weighted by Crippen LogP contribution is -2.42. The second-order valence-corrected chi connectivity index (χ2v) is 9.52. The second kappa shape index (κ2) is 14.9. The van der Waals surface area contributed by atoms with Gasteiger partial charge in [-0.15, -0.1) is 0 Å². The highest BCUT2D eigenvalue weighted by molar-refractivity contribution is 5.81. The Hall–Kier alpha value is -3.46. The molecule has 0 unspecified atom stereocenters. The maximum atomic E-state index is 12.1. The average Bonchev–Trinajstić information content (AvgIpc) is 2.85. The van der Waals surface area contributed by atoms with Gasteiger partial charge in [0, 0.05) is 0 Å². The topological polar surface area (TPSA) is 140 Å². The van der Waals surface area contributed by atoms with E-state index in [0.29, 0.717) is 30.8 Å². The molecule has 0 radical (unpaired) electrons. The number of ether oxygens (including phenoxy) is 2. The van der Waals surface area contributed by atoms with Gasteiger partial charge in [0.2, 0.25) is 5.91 Å². The molecule has 0 bridgehead atoms. The monoisotopic (exact) mass is 513 g/mol. The van der Waals surface area contributed by atoms with Gasteiger partial charge in [-0.3, -0.25) is 4.79 Å². The van der Waals surface area contributed by atoms with E-state index in [1.165, 1.54) is 5.56 Å². The first-order valence-corrected chi connectivity index (χ1v) is 12.6. The van der Waals surface area contributed by atoms with Crippen LogP contribution < -0.4 is 15.8 Å². The fraction of sp³-hybridized carbons (Fsp3) is 0.500. The van der Waals surface area contributed by atoms with Gasteiger partial charge in [-0.2, -0.15) is 4.91 Å². The van der Waals surface area contributed by atoms with E-state index in [-0.39, 0.29) is 38.1 Å². The van der Waals surface area contributed by atoms with E-state index >= 15 is 0 Å². The van der Waals surface area contributed by atoms with Gasteiger partial charge in [-0.1, -0.05) is 31.2 Å². The van der Waals surface area contributed by atoms with Crippen LogP contribution in [-0.4, -0.2) is 49.3 Å². The van der Waals surface area contributed by atoms with Gasteiger partial charge in [0.25, 0.3) is 0 Å². The highest BCUT2D eigenvalue weighted by Crippen LogP contribution is 2.29. The Morgan fingerprint density at radius 1 is 1.11 bits per heavy atom. The van der Waals surface area contributed by atoms with E-state index in [4.69, 9.17) is 15.2 Å². The van der Waals surface area contributed by atoms with Gasteiger partial charge in [0.1, 0.15) is 18.1 Å². The molecule has 37 heavy (non-hydrogen) atoms. The summed E-state index contributed by atoms with van der Waals surface area (Å²) in [6.45, 7) is 8.25. The number of nitrogens with two attached hydrogens (primary N) is 1. The van der Waals surface area contributed by atoms with Crippen molar-refractivity contribution in [2.24, 2.45) is 10.9 Å². The number of phenols is 1. The van der Waals surface area contributed by atoms with Crippen molar-refractivity contribution in [1.82, 2.24) is 5.32 Å². The first kappa shape index (κ1) is 29.8. The normalized spacial score (nSPS) is 11.7. The number of hydrogen-bond acceptors (Lipinski definition) is 8. The molecule has 0 heterocycles. The highest BCUT2D eigenvalue weighted by Gasteiger charge is 2.14. The van der Waals surface area contributed by atoms with Gasteiger partial charge in [-0.05, 0) is 91.5 Å². The van der Waals surface area contributed by atoms with Crippen LogP contribution in [0.15, 0.2) is 35.5 Å². The largest absolute Gasteiger partial charge is 0.508 e. The lowest BCUT2D eigenvalue weighted by atomic mass is 9.93. The summed E-state index contributed by atoms with van der Waals surface area (Å²) in [5.41, 5.74) is 11.1. The summed E-state index contributed by atoms with van der Waals surface area (Å²) in [5.74, 6) is 0.256. The third-order valence-corrected chi connectivity index (χ3v) is 6.14. The van der Waals surface area contributed by atoms with E-state index in [9.17, 15) is 19.6 Å². The maximum absolute atomic E-state index is 12.1. The molecule has 0 aliphatic rings. The zero-order valence-corrected chi connectivity index (χ0v) is 22.2. The molecule has 202 valence electrons. The number of aromatic hydroxyl groups is 1. The molecular weight excluding hydrogens is 474 g/mol. The minimum atomic E-state index is -0.675. The fourth-order valence-corrected chi connectivity index (χ4v) is 4.02. The van der Waals surface area contributed by atoms with Gasteiger partial charge >= 0.3 is 5.97 Å². The lowest BCUT2D eigenvalue weighted by Gasteiger charge is -2.15. The number of esters is 1. The van der Waals surface area contributed by atoms with Crippen LogP contribution in [-0.2, 0) is 20.7 Å². The Labute approximate surface area is 218 Å². The van der Waals surface area contributed by atoms with Crippen molar-refractivity contribution in [1.29, 1.82) is 0 Å². The molecule has 2 aromatic carbocycles. The standard InChI is InChI=1S/C28H39N3O6/c1-18(2)23-15-21(8-9-26(23)32)16-24-19(3)13-22(14-20(24)4)37-17-27(33)36-12-11-30-28(34)25(29)7-5-6-10-31-35/h8-9,13-15,18,25,32H,5-7,10-12,16-17,29H2,1-4H3,(H,30,34)/t25-/m0/s1. The molecule has 0 saturated carbocycles. The van der Waals surface area contributed by atoms with Crippen LogP contribution in [0.5, 0.6) is 11.5 Å². The number of benzene rings is 2. The molecule has 0 spiro atoms. The summed E-state index contributed by atoms with van der Waals surface area (Å²) in [6, 6.07) is 8.84. The lowest BCUT2D eigenvalue weighted by molar-refractivity contribution is -0.146. The van der Waals surface area contributed by atoms with Crippen LogP contribution in [0.25, 0.3) is 0 Å². The molecule has 2 aromatic rings. The number of hydrogen-bond donors (Lipinski definition) is 3. The van der Waals surface area contributed by atoms with Crippen molar-refractivity contribution in [3.8, 4) is 11.5 Å². The number of phenolic OH excluding ortho intramolecular Hbond substituents is 1. The van der Waals surface area contributed by atoms with E-state index in [1.807, 2.05) is 38.1 Å². The van der Waals surface area contributed by atoms with Crippen LogP contribution >= 0.6 is 0 Å². The predicted octanol–water partition coefficient (Wildman–Crippen LogP) is 4.03. The van der Waals surface area contributed by atoms with Crippen molar-refractivity contribution in [3.05, 3.63) is 63.1 Å². The quantitative estimate of drug-likeness (QED) is 0.186. The Balaban J connectivity index is 1.79. The Bertz CT molecular complexity index is 1050. The molecule has 9 nitrogen and oxygen atoms in total. The number of nitrogens with zero attached hydrogens (tertiary/aromatic N) is 1. The number of carbonyl (C=O) groups excluding carboxylic acids is 2. The van der Waals surface area contributed by atoms with Crippen LogP contribution in [0.2, 0.25) is 0 Å². The number of unbranched alkanes of at least 4 members (excludes halogenated alkanes) is 1. The summed E-state index contributed by atoms with van der Waals surface area (Å²) >= 11 is 0. The zero-order valence-electron chi connectivity index (χ0n) is 22.2. The summed E-state index contributed by atoms with van der Waals surface area (Å²) in [4.78, 5) is 34.0. The van der Waals surface area contributed by atoms with Crippen molar-refractivity contribution >= 4 is 11.9 Å². The third-order valence-electron chi connectivity index (χ3n) is 6.14. The number of carbonyl (C=O) groups is 2. The van der Waals surface area contributed by atoms with Crippen LogP contribution in [0.3, 0.4) is 0 Å². The molecule has 0 aromatic heterocycles. The molecule has 9 heteroatoms. The summed E-state index contributed by atoms with van der Waals surface area (Å²) in [7, 11) is 0. The molecule has 0 fully saturated rings. The molecular formula is C28H39N3O6. The molecule has 0 saturated heterocycles. The number of nitrogens with one attached hydrogen (secondary N) is 1. The first-order chi connectivity index (χ1) is 17.6. The Morgan fingerprint density at radius 2 is 1.81 bits per heavy atom. The van der Waals surface area contributed by atoms with Gasteiger partial charge < -0.3 is 25.6 Å². The first-order valence-electron chi connectivity index (χ1n) is 12.6. The second-order valence-electron chi connectivity index (χ2n) is 9.52. The Morgan fingerprint density at radius 3 is 2.46 bits per heavy atom. The van der Waals surface area contributed by atoms with E-state index in [2.05, 4.69) is 24.3 Å². The summed E-state index contributed by atoms with van der Waals surface area (Å²) in [5, 5.41) is 15.5. The maximum Gasteiger partial charge on any atom is 0.344 e. The number of nitroso groups, excluding NO2 is 1. The number of rotatable bonds is 15. The molecule has 0 aliphatic heterocycles. The van der Waals surface area contributed by atoms with Crippen LogP contribution in [0, 0.1) is 18.8 Å². The smallest absolute Gasteiger partial charge is 0.344 e. The molecule has 1 amide bonds. The molecule has 4 N–H and O–H groups in total. The van der Waals surface area contributed by atoms with Crippen molar-refractivity contribution in [2.45, 2.75) is 65.3 Å². The van der Waals surface area contributed by atoms with Crippen molar-refractivity contribution in [3.63, 3.8) is 0 Å². The van der Waals surface area contributed by atoms with E-state index < -0.39 is 12.0 Å². The highest BCUT2D eigenvalue weighted by atomic mass is 16.6. The number of amides is 1. The third kappa shape index (κ3) is 9.84. The van der Waals surface area contributed by atoms with E-state index in [1.54, 1.807) is 6.07 Å². The SMILES string of the molecule is Cc1cc(OCC(=O)OCCNC(=O)[C@@H](N)CCCCN=O)cc(C)c1Cc1ccc(O)c(C(C)C)c1. The van der Waals surface area contributed by atoms with Gasteiger partial charge in [0.05, 0.1) is 19.1 Å². The van der Waals surface area contributed by atoms with Crippen LogP contribution in [0.1, 0.15) is 66.8 Å². The summed E-state index contributed by atoms with van der Waals surface area (Å²) < 4.78 is 10.8. The Kier molecular flexibility index (Phi) is 12.0. The average molecular weight is 514 g/mol. The summed E-state index contributed by atoms with van der Waals surface area (Å²) in [6.07, 6.45) is 2.43. The zero-order chi connectivity index (χ0) is 27.4. The van der Waals surface area contributed by atoms with Crippen molar-refractivity contribution < 1.29 is 24.2 Å². The minimum absolute atomic E-state index is 0.0116.